The van der Waals surface area contributed by atoms with Crippen LogP contribution in [0, 0.1) is 11.8 Å². The third-order valence-electron chi connectivity index (χ3n) is 6.84. The number of ether oxygens (including phenoxy) is 1. The van der Waals surface area contributed by atoms with Crippen LogP contribution in [0.1, 0.15) is 43.0 Å². The molecule has 3 heterocycles. The summed E-state index contributed by atoms with van der Waals surface area (Å²) in [6.45, 7) is 7.06. The van der Waals surface area contributed by atoms with Crippen molar-refractivity contribution in [2.75, 3.05) is 39.4 Å². The molecule has 6 heteroatoms. The largest absolute Gasteiger partial charge is 0.380 e. The number of hydrogen-bond donors (Lipinski definition) is 1. The van der Waals surface area contributed by atoms with Crippen molar-refractivity contribution in [1.82, 2.24) is 15.1 Å². The van der Waals surface area contributed by atoms with Crippen LogP contribution >= 0.6 is 0 Å². The summed E-state index contributed by atoms with van der Waals surface area (Å²) in [7, 11) is 0. The van der Waals surface area contributed by atoms with Gasteiger partial charge in [-0.3, -0.25) is 9.59 Å². The highest BCUT2D eigenvalue weighted by Crippen LogP contribution is 2.41. The number of rotatable bonds is 7. The Hall–Kier alpha value is -1.92. The lowest BCUT2D eigenvalue weighted by Gasteiger charge is -2.56. The lowest BCUT2D eigenvalue weighted by molar-refractivity contribution is -0.152. The van der Waals surface area contributed by atoms with Gasteiger partial charge in [0.1, 0.15) is 0 Å². The minimum absolute atomic E-state index is 0.0576. The van der Waals surface area contributed by atoms with Gasteiger partial charge in [0.2, 0.25) is 5.91 Å². The molecule has 1 aromatic rings. The van der Waals surface area contributed by atoms with Gasteiger partial charge in [-0.25, -0.2) is 0 Å². The zero-order valence-electron chi connectivity index (χ0n) is 17.4. The van der Waals surface area contributed by atoms with Crippen LogP contribution in [0.25, 0.3) is 0 Å². The van der Waals surface area contributed by atoms with E-state index in [0.29, 0.717) is 36.4 Å². The van der Waals surface area contributed by atoms with E-state index in [0.717, 1.165) is 52.1 Å². The van der Waals surface area contributed by atoms with Gasteiger partial charge in [-0.1, -0.05) is 18.2 Å². The molecule has 158 valence electrons. The SMILES string of the molecule is CCOCCN1C[C@@H]2C[C@@H](C1)[C@H](CNC(=O)c1ccccc1)N1C(=O)CCC[C@@H]21. The van der Waals surface area contributed by atoms with Crippen molar-refractivity contribution in [3.05, 3.63) is 35.9 Å². The van der Waals surface area contributed by atoms with Gasteiger partial charge >= 0.3 is 0 Å². The number of amides is 2. The fourth-order valence-corrected chi connectivity index (χ4v) is 5.54. The number of benzene rings is 1. The van der Waals surface area contributed by atoms with Crippen molar-refractivity contribution in [1.29, 1.82) is 0 Å². The predicted octanol–water partition coefficient (Wildman–Crippen LogP) is 2.15. The molecule has 0 radical (unpaired) electrons. The highest BCUT2D eigenvalue weighted by atomic mass is 16.5. The first kappa shape index (κ1) is 20.4. The van der Waals surface area contributed by atoms with Crippen LogP contribution in [-0.2, 0) is 9.53 Å². The van der Waals surface area contributed by atoms with E-state index < -0.39 is 0 Å². The summed E-state index contributed by atoms with van der Waals surface area (Å²) in [5.41, 5.74) is 0.671. The monoisotopic (exact) mass is 399 g/mol. The number of nitrogens with zero attached hydrogens (tertiary/aromatic N) is 2. The number of fused-ring (bicyclic) bond motifs is 4. The van der Waals surface area contributed by atoms with Crippen LogP contribution in [0.5, 0.6) is 0 Å². The summed E-state index contributed by atoms with van der Waals surface area (Å²) in [5.74, 6) is 1.17. The topological polar surface area (TPSA) is 61.9 Å². The highest BCUT2D eigenvalue weighted by Gasteiger charge is 2.49. The normalized spacial score (nSPS) is 29.4. The molecule has 2 amide bonds. The minimum atomic E-state index is -0.0576. The molecule has 0 aromatic heterocycles. The molecule has 29 heavy (non-hydrogen) atoms. The molecule has 3 aliphatic heterocycles. The van der Waals surface area contributed by atoms with Gasteiger partial charge in [0, 0.05) is 50.8 Å². The van der Waals surface area contributed by atoms with Crippen molar-refractivity contribution < 1.29 is 14.3 Å². The summed E-state index contributed by atoms with van der Waals surface area (Å²) in [5, 5.41) is 3.12. The maximum Gasteiger partial charge on any atom is 0.251 e. The Balaban J connectivity index is 1.47. The predicted molar refractivity (Wildman–Crippen MR) is 112 cm³/mol. The highest BCUT2D eigenvalue weighted by molar-refractivity contribution is 5.94. The summed E-state index contributed by atoms with van der Waals surface area (Å²) in [6.07, 6.45) is 3.88. The zero-order valence-corrected chi connectivity index (χ0v) is 17.4. The Kier molecular flexibility index (Phi) is 6.50. The van der Waals surface area contributed by atoms with Crippen LogP contribution < -0.4 is 5.32 Å². The summed E-state index contributed by atoms with van der Waals surface area (Å²) in [4.78, 5) is 30.1. The van der Waals surface area contributed by atoms with Crippen molar-refractivity contribution >= 4 is 11.8 Å². The molecule has 4 rings (SSSR count). The van der Waals surface area contributed by atoms with Gasteiger partial charge in [0.05, 0.1) is 12.6 Å². The van der Waals surface area contributed by atoms with E-state index in [-0.39, 0.29) is 17.9 Å². The van der Waals surface area contributed by atoms with Crippen LogP contribution in [0.3, 0.4) is 0 Å². The summed E-state index contributed by atoms with van der Waals surface area (Å²) in [6, 6.07) is 9.73. The maximum absolute atomic E-state index is 12.9. The van der Waals surface area contributed by atoms with Crippen LogP contribution in [0.2, 0.25) is 0 Å². The summed E-state index contributed by atoms with van der Waals surface area (Å²) < 4.78 is 5.57. The van der Waals surface area contributed by atoms with Gasteiger partial charge in [0.15, 0.2) is 0 Å². The molecule has 0 aliphatic carbocycles. The second-order valence-electron chi connectivity index (χ2n) is 8.62. The summed E-state index contributed by atoms with van der Waals surface area (Å²) >= 11 is 0. The molecule has 3 fully saturated rings. The number of nitrogens with one attached hydrogen (secondary N) is 1. The Morgan fingerprint density at radius 3 is 2.79 bits per heavy atom. The van der Waals surface area contributed by atoms with E-state index >= 15 is 0 Å². The fraction of sp³-hybridized carbons (Fsp3) is 0.652. The Bertz CT molecular complexity index is 711. The fourth-order valence-electron chi connectivity index (χ4n) is 5.54. The molecule has 2 bridgehead atoms. The molecular formula is C23H33N3O3. The van der Waals surface area contributed by atoms with E-state index in [1.807, 2.05) is 37.3 Å². The van der Waals surface area contributed by atoms with Crippen molar-refractivity contribution in [2.45, 2.75) is 44.7 Å². The molecular weight excluding hydrogens is 366 g/mol. The zero-order chi connectivity index (χ0) is 20.2. The molecule has 3 aliphatic rings. The molecule has 0 spiro atoms. The van der Waals surface area contributed by atoms with Gasteiger partial charge in [-0.05, 0) is 50.2 Å². The quantitative estimate of drug-likeness (QED) is 0.714. The van der Waals surface area contributed by atoms with Crippen LogP contribution in [-0.4, -0.2) is 73.1 Å². The molecule has 6 nitrogen and oxygen atoms in total. The first-order valence-corrected chi connectivity index (χ1v) is 11.1. The number of likely N-dealkylation sites (tertiary alicyclic amines) is 1. The molecule has 0 saturated carbocycles. The van der Waals surface area contributed by atoms with E-state index in [4.69, 9.17) is 4.74 Å². The Morgan fingerprint density at radius 1 is 1.21 bits per heavy atom. The van der Waals surface area contributed by atoms with E-state index in [9.17, 15) is 9.59 Å². The second kappa shape index (κ2) is 9.26. The number of piperidine rings is 3. The number of carbonyl (C=O) groups excluding carboxylic acids is 2. The van der Waals surface area contributed by atoms with Crippen molar-refractivity contribution in [2.24, 2.45) is 11.8 Å². The molecule has 0 unspecified atom stereocenters. The lowest BCUT2D eigenvalue weighted by Crippen LogP contribution is -2.67. The maximum atomic E-state index is 12.9. The molecule has 1 aromatic carbocycles. The average Bonchev–Trinajstić information content (AvgIpc) is 2.75. The Morgan fingerprint density at radius 2 is 2.00 bits per heavy atom. The molecule has 4 atom stereocenters. The standard InChI is InChI=1S/C23H33N3O3/c1-2-29-12-11-25-15-18-13-19(16-25)21(26-20(18)9-6-10-22(26)27)14-24-23(28)17-7-4-3-5-8-17/h3-5,7-8,18-21H,2,6,9-16H2,1H3,(H,24,28)/t18-,19-,20-,21-/m0/s1. The first-order valence-electron chi connectivity index (χ1n) is 11.1. The lowest BCUT2D eigenvalue weighted by atomic mass is 9.72. The average molecular weight is 400 g/mol. The molecule has 1 N–H and O–H groups in total. The van der Waals surface area contributed by atoms with E-state index in [1.165, 1.54) is 0 Å². The van der Waals surface area contributed by atoms with Gasteiger partial charge in [-0.2, -0.15) is 0 Å². The molecule has 3 saturated heterocycles. The van der Waals surface area contributed by atoms with Gasteiger partial charge in [0.25, 0.3) is 5.91 Å². The van der Waals surface area contributed by atoms with Gasteiger partial charge < -0.3 is 19.9 Å². The van der Waals surface area contributed by atoms with Crippen LogP contribution in [0.4, 0.5) is 0 Å². The first-order chi connectivity index (χ1) is 14.2. The Labute approximate surface area is 173 Å². The number of hydrogen-bond acceptors (Lipinski definition) is 4. The van der Waals surface area contributed by atoms with Crippen molar-refractivity contribution in [3.63, 3.8) is 0 Å². The van der Waals surface area contributed by atoms with Gasteiger partial charge in [-0.15, -0.1) is 0 Å². The smallest absolute Gasteiger partial charge is 0.251 e. The van der Waals surface area contributed by atoms with E-state index in [2.05, 4.69) is 15.1 Å². The van der Waals surface area contributed by atoms with Crippen molar-refractivity contribution in [3.8, 4) is 0 Å². The third kappa shape index (κ3) is 4.48. The third-order valence-corrected chi connectivity index (χ3v) is 6.84. The minimum Gasteiger partial charge on any atom is -0.380 e. The van der Waals surface area contributed by atoms with Crippen LogP contribution in [0.15, 0.2) is 30.3 Å². The van der Waals surface area contributed by atoms with E-state index in [1.54, 1.807) is 0 Å². The number of carbonyl (C=O) groups is 2. The second-order valence-corrected chi connectivity index (χ2v) is 8.62.